The van der Waals surface area contributed by atoms with Gasteiger partial charge in [0.05, 0.1) is 11.7 Å². The predicted octanol–water partition coefficient (Wildman–Crippen LogP) is 3.51. The fourth-order valence-corrected chi connectivity index (χ4v) is 3.25. The summed E-state index contributed by atoms with van der Waals surface area (Å²) < 4.78 is 18.1. The lowest BCUT2D eigenvalue weighted by atomic mass is 10.0. The summed E-state index contributed by atoms with van der Waals surface area (Å²) in [6, 6.07) is 10.4. The number of benzene rings is 1. The molecule has 126 valence electrons. The molecule has 0 radical (unpaired) electrons. The number of aryl methyl sites for hydroxylation is 1. The zero-order chi connectivity index (χ0) is 17.1. The lowest BCUT2D eigenvalue weighted by Gasteiger charge is -2.24. The maximum absolute atomic E-state index is 13.2. The maximum atomic E-state index is 13.2. The van der Waals surface area contributed by atoms with Crippen LogP contribution >= 0.6 is 0 Å². The Labute approximate surface area is 141 Å². The van der Waals surface area contributed by atoms with Gasteiger partial charge in [-0.05, 0) is 55.2 Å². The highest BCUT2D eigenvalue weighted by molar-refractivity contribution is 5.78. The number of aromatic nitrogens is 1. The summed E-state index contributed by atoms with van der Waals surface area (Å²) in [6.07, 6.45) is 1.86. The van der Waals surface area contributed by atoms with Gasteiger partial charge in [0.1, 0.15) is 12.4 Å². The van der Waals surface area contributed by atoms with E-state index >= 15 is 0 Å². The molecule has 1 aliphatic heterocycles. The predicted molar refractivity (Wildman–Crippen MR) is 89.9 cm³/mol. The lowest BCUT2D eigenvalue weighted by molar-refractivity contribution is -0.136. The van der Waals surface area contributed by atoms with Crippen LogP contribution in [0.15, 0.2) is 36.4 Å². The zero-order valence-electron chi connectivity index (χ0n) is 14.0. The number of methoxy groups -OCH3 is 1. The number of hydrogen-bond donors (Lipinski definition) is 0. The Morgan fingerprint density at radius 3 is 2.75 bits per heavy atom. The third kappa shape index (κ3) is 3.46. The summed E-state index contributed by atoms with van der Waals surface area (Å²) in [4.78, 5) is 18.7. The molecule has 0 spiro atoms. The number of nitrogens with zero attached hydrogens (tertiary/aromatic N) is 2. The Morgan fingerprint density at radius 1 is 1.29 bits per heavy atom. The molecular formula is C19H21FN2O2. The van der Waals surface area contributed by atoms with Crippen LogP contribution in [0, 0.1) is 12.7 Å². The van der Waals surface area contributed by atoms with E-state index in [1.54, 1.807) is 12.1 Å². The Bertz CT molecular complexity index is 731. The molecule has 0 saturated carbocycles. The normalized spacial score (nSPS) is 17.3. The Hall–Kier alpha value is -2.27. The van der Waals surface area contributed by atoms with Crippen molar-refractivity contribution in [3.05, 3.63) is 53.6 Å². The molecule has 1 atom stereocenters. The van der Waals surface area contributed by atoms with E-state index in [2.05, 4.69) is 4.98 Å². The second kappa shape index (κ2) is 7.09. The van der Waals surface area contributed by atoms with Crippen molar-refractivity contribution in [1.29, 1.82) is 0 Å². The molecule has 0 aliphatic carbocycles. The Balaban J connectivity index is 1.93. The van der Waals surface area contributed by atoms with Crippen molar-refractivity contribution in [3.8, 4) is 11.1 Å². The third-order valence-corrected chi connectivity index (χ3v) is 4.33. The van der Waals surface area contributed by atoms with Gasteiger partial charge in [0.2, 0.25) is 5.91 Å². The number of ether oxygens (including phenoxy) is 1. The first-order chi connectivity index (χ1) is 11.6. The summed E-state index contributed by atoms with van der Waals surface area (Å²) in [7, 11) is 1.53. The average molecular weight is 328 g/mol. The molecule has 0 bridgehead atoms. The molecule has 1 aromatic carbocycles. The highest BCUT2D eigenvalue weighted by Crippen LogP contribution is 2.33. The van der Waals surface area contributed by atoms with Gasteiger partial charge in [-0.2, -0.15) is 0 Å². The molecule has 24 heavy (non-hydrogen) atoms. The molecule has 1 amide bonds. The first-order valence-electron chi connectivity index (χ1n) is 8.11. The zero-order valence-corrected chi connectivity index (χ0v) is 14.0. The number of halogens is 1. The summed E-state index contributed by atoms with van der Waals surface area (Å²) in [5.74, 6) is -0.261. The van der Waals surface area contributed by atoms with E-state index in [9.17, 15) is 9.18 Å². The monoisotopic (exact) mass is 328 g/mol. The van der Waals surface area contributed by atoms with Crippen molar-refractivity contribution in [2.24, 2.45) is 0 Å². The van der Waals surface area contributed by atoms with E-state index in [0.29, 0.717) is 0 Å². The van der Waals surface area contributed by atoms with E-state index in [1.165, 1.54) is 19.2 Å². The molecule has 4 nitrogen and oxygen atoms in total. The minimum absolute atomic E-state index is 0.00774. The summed E-state index contributed by atoms with van der Waals surface area (Å²) >= 11 is 0. The minimum Gasteiger partial charge on any atom is -0.375 e. The van der Waals surface area contributed by atoms with Gasteiger partial charge in [0, 0.05) is 19.3 Å². The second-order valence-corrected chi connectivity index (χ2v) is 6.11. The molecule has 1 aliphatic rings. The number of carbonyl (C=O) groups is 1. The van der Waals surface area contributed by atoms with E-state index in [4.69, 9.17) is 4.74 Å². The van der Waals surface area contributed by atoms with Crippen LogP contribution in [0.3, 0.4) is 0 Å². The highest BCUT2D eigenvalue weighted by atomic mass is 19.1. The maximum Gasteiger partial charge on any atom is 0.249 e. The molecule has 5 heteroatoms. The van der Waals surface area contributed by atoms with Crippen molar-refractivity contribution >= 4 is 5.91 Å². The van der Waals surface area contributed by atoms with Crippen LogP contribution in [0.5, 0.6) is 0 Å². The fourth-order valence-electron chi connectivity index (χ4n) is 3.25. The molecule has 0 N–H and O–H groups in total. The number of amides is 1. The van der Waals surface area contributed by atoms with Crippen LogP contribution in [0.4, 0.5) is 4.39 Å². The van der Waals surface area contributed by atoms with Crippen LogP contribution < -0.4 is 0 Å². The number of carbonyl (C=O) groups excluding carboxylic acids is 1. The topological polar surface area (TPSA) is 42.4 Å². The largest absolute Gasteiger partial charge is 0.375 e. The van der Waals surface area contributed by atoms with Crippen LogP contribution in [0.1, 0.15) is 30.3 Å². The molecule has 1 saturated heterocycles. The van der Waals surface area contributed by atoms with Gasteiger partial charge in [-0.1, -0.05) is 12.1 Å². The van der Waals surface area contributed by atoms with Gasteiger partial charge in [-0.15, -0.1) is 0 Å². The van der Waals surface area contributed by atoms with Crippen LogP contribution in [-0.4, -0.2) is 36.1 Å². The van der Waals surface area contributed by atoms with Crippen molar-refractivity contribution in [2.75, 3.05) is 20.3 Å². The number of hydrogen-bond acceptors (Lipinski definition) is 3. The molecule has 2 heterocycles. The SMILES string of the molecule is COCC(=O)N1CCC[C@H]1c1cc(-c2ccc(F)cc2)cc(C)n1. The number of likely N-dealkylation sites (tertiary alicyclic amines) is 1. The first kappa shape index (κ1) is 16.6. The minimum atomic E-state index is -0.253. The van der Waals surface area contributed by atoms with Gasteiger partial charge in [0.15, 0.2) is 0 Å². The molecular weight excluding hydrogens is 307 g/mol. The number of pyridine rings is 1. The lowest BCUT2D eigenvalue weighted by Crippen LogP contribution is -2.33. The number of rotatable bonds is 4. The van der Waals surface area contributed by atoms with Crippen LogP contribution in [0.2, 0.25) is 0 Å². The van der Waals surface area contributed by atoms with Crippen molar-refractivity contribution in [2.45, 2.75) is 25.8 Å². The van der Waals surface area contributed by atoms with Gasteiger partial charge in [0.25, 0.3) is 0 Å². The molecule has 2 aromatic rings. The Kier molecular flexibility index (Phi) is 4.90. The van der Waals surface area contributed by atoms with E-state index in [1.807, 2.05) is 24.0 Å². The highest BCUT2D eigenvalue weighted by Gasteiger charge is 2.31. The molecule has 1 fully saturated rings. The summed E-state index contributed by atoms with van der Waals surface area (Å²) in [6.45, 7) is 2.76. The van der Waals surface area contributed by atoms with Gasteiger partial charge >= 0.3 is 0 Å². The molecule has 1 aromatic heterocycles. The van der Waals surface area contributed by atoms with Gasteiger partial charge in [-0.25, -0.2) is 4.39 Å². The standard InChI is InChI=1S/C19H21FN2O2/c1-13-10-15(14-5-7-16(20)8-6-14)11-17(21-13)18-4-3-9-22(18)19(23)12-24-2/h5-8,10-11,18H,3-4,9,12H2,1-2H3/t18-/m0/s1. The average Bonchev–Trinajstić information content (AvgIpc) is 3.05. The van der Waals surface area contributed by atoms with Gasteiger partial charge < -0.3 is 9.64 Å². The van der Waals surface area contributed by atoms with Crippen molar-refractivity contribution in [1.82, 2.24) is 9.88 Å². The van der Waals surface area contributed by atoms with E-state index in [0.717, 1.165) is 41.9 Å². The summed E-state index contributed by atoms with van der Waals surface area (Å²) in [5.41, 5.74) is 3.70. The smallest absolute Gasteiger partial charge is 0.249 e. The Morgan fingerprint density at radius 2 is 2.04 bits per heavy atom. The fraction of sp³-hybridized carbons (Fsp3) is 0.368. The van der Waals surface area contributed by atoms with Crippen molar-refractivity contribution < 1.29 is 13.9 Å². The first-order valence-corrected chi connectivity index (χ1v) is 8.11. The van der Waals surface area contributed by atoms with E-state index in [-0.39, 0.29) is 24.4 Å². The van der Waals surface area contributed by atoms with Gasteiger partial charge in [-0.3, -0.25) is 9.78 Å². The summed E-state index contributed by atoms with van der Waals surface area (Å²) in [5, 5.41) is 0. The molecule has 0 unspecified atom stereocenters. The van der Waals surface area contributed by atoms with Crippen molar-refractivity contribution in [3.63, 3.8) is 0 Å². The molecule has 3 rings (SSSR count). The third-order valence-electron chi connectivity index (χ3n) is 4.33. The second-order valence-electron chi connectivity index (χ2n) is 6.11. The quantitative estimate of drug-likeness (QED) is 0.862. The van der Waals surface area contributed by atoms with E-state index < -0.39 is 0 Å². The van der Waals surface area contributed by atoms with Crippen LogP contribution in [0.25, 0.3) is 11.1 Å². The van der Waals surface area contributed by atoms with Crippen LogP contribution in [-0.2, 0) is 9.53 Å².